The van der Waals surface area contributed by atoms with Gasteiger partial charge < -0.3 is 9.84 Å². The van der Waals surface area contributed by atoms with Crippen LogP contribution >= 0.6 is 0 Å². The van der Waals surface area contributed by atoms with Crippen LogP contribution in [-0.4, -0.2) is 29.6 Å². The second-order valence-electron chi connectivity index (χ2n) is 8.72. The SMILES string of the molecule is CC1(O)CCCC1C1CC2CC1CC2C(=O)Oc1ccc(S(=O)(=O)O)cc1. The summed E-state index contributed by atoms with van der Waals surface area (Å²) in [6, 6.07) is 5.20. The van der Waals surface area contributed by atoms with Crippen molar-refractivity contribution >= 4 is 16.1 Å². The van der Waals surface area contributed by atoms with Gasteiger partial charge in [0, 0.05) is 0 Å². The highest BCUT2D eigenvalue weighted by atomic mass is 32.2. The molecule has 2 bridgehead atoms. The lowest BCUT2D eigenvalue weighted by Gasteiger charge is -2.37. The molecule has 0 aromatic heterocycles. The number of rotatable bonds is 4. The molecule has 7 heteroatoms. The summed E-state index contributed by atoms with van der Waals surface area (Å²) < 4.78 is 36.6. The molecule has 1 aromatic carbocycles. The summed E-state index contributed by atoms with van der Waals surface area (Å²) in [7, 11) is -4.26. The van der Waals surface area contributed by atoms with Gasteiger partial charge in [-0.15, -0.1) is 0 Å². The Hall–Kier alpha value is -1.44. The van der Waals surface area contributed by atoms with Crippen molar-refractivity contribution in [1.29, 1.82) is 0 Å². The molecule has 6 atom stereocenters. The molecule has 0 saturated heterocycles. The highest BCUT2D eigenvalue weighted by Crippen LogP contribution is 2.58. The molecule has 0 aliphatic heterocycles. The first-order valence-corrected chi connectivity index (χ1v) is 11.1. The number of hydrogen-bond acceptors (Lipinski definition) is 5. The summed E-state index contributed by atoms with van der Waals surface area (Å²) >= 11 is 0. The maximum atomic E-state index is 12.6. The first kappa shape index (κ1) is 18.9. The molecule has 6 nitrogen and oxygen atoms in total. The van der Waals surface area contributed by atoms with Gasteiger partial charge >= 0.3 is 5.97 Å². The minimum Gasteiger partial charge on any atom is -0.426 e. The Morgan fingerprint density at radius 2 is 1.85 bits per heavy atom. The van der Waals surface area contributed by atoms with Gasteiger partial charge in [-0.3, -0.25) is 9.35 Å². The summed E-state index contributed by atoms with van der Waals surface area (Å²) in [6.45, 7) is 1.96. The van der Waals surface area contributed by atoms with Gasteiger partial charge in [0.25, 0.3) is 10.1 Å². The van der Waals surface area contributed by atoms with Gasteiger partial charge in [-0.05, 0) is 87.0 Å². The van der Waals surface area contributed by atoms with E-state index in [0.717, 1.165) is 38.5 Å². The van der Waals surface area contributed by atoms with E-state index in [-0.39, 0.29) is 22.5 Å². The van der Waals surface area contributed by atoms with Crippen molar-refractivity contribution in [3.05, 3.63) is 24.3 Å². The molecular weight excluding hydrogens is 368 g/mol. The van der Waals surface area contributed by atoms with Crippen molar-refractivity contribution in [3.63, 3.8) is 0 Å². The summed E-state index contributed by atoms with van der Waals surface area (Å²) in [6.07, 6.45) is 5.85. The maximum Gasteiger partial charge on any atom is 0.314 e. The predicted molar refractivity (Wildman–Crippen MR) is 97.7 cm³/mol. The van der Waals surface area contributed by atoms with Gasteiger partial charge in [-0.25, -0.2) is 0 Å². The van der Waals surface area contributed by atoms with Crippen LogP contribution in [0, 0.1) is 29.6 Å². The van der Waals surface area contributed by atoms with Gasteiger partial charge in [0.1, 0.15) is 5.75 Å². The van der Waals surface area contributed by atoms with Gasteiger partial charge in [-0.1, -0.05) is 6.42 Å². The number of carbonyl (C=O) groups is 1. The van der Waals surface area contributed by atoms with Crippen LogP contribution in [0.2, 0.25) is 0 Å². The van der Waals surface area contributed by atoms with E-state index in [1.807, 2.05) is 6.92 Å². The molecule has 3 aliphatic carbocycles. The molecule has 2 N–H and O–H groups in total. The molecule has 6 unspecified atom stereocenters. The van der Waals surface area contributed by atoms with Gasteiger partial charge in [-0.2, -0.15) is 8.42 Å². The number of carbonyl (C=O) groups excluding carboxylic acids is 1. The number of benzene rings is 1. The van der Waals surface area contributed by atoms with Crippen molar-refractivity contribution < 1.29 is 27.6 Å². The highest BCUT2D eigenvalue weighted by Gasteiger charge is 2.54. The van der Waals surface area contributed by atoms with Gasteiger partial charge in [0.05, 0.1) is 16.4 Å². The largest absolute Gasteiger partial charge is 0.426 e. The maximum absolute atomic E-state index is 12.6. The standard InChI is InChI=1S/C20H26O6S/c1-20(22)8-2-3-18(20)16-10-13-9-12(16)11-17(13)19(21)26-14-4-6-15(7-5-14)27(23,24)25/h4-7,12-13,16-18,22H,2-3,8-11H2,1H3,(H,23,24,25). The first-order chi connectivity index (χ1) is 12.6. The number of ether oxygens (including phenoxy) is 1. The van der Waals surface area contributed by atoms with E-state index in [0.29, 0.717) is 23.7 Å². The molecule has 3 fully saturated rings. The quantitative estimate of drug-likeness (QED) is 0.462. The average molecular weight is 394 g/mol. The molecule has 27 heavy (non-hydrogen) atoms. The predicted octanol–water partition coefficient (Wildman–Crippen LogP) is 3.05. The van der Waals surface area contributed by atoms with Crippen LogP contribution < -0.4 is 4.74 Å². The summed E-state index contributed by atoms with van der Waals surface area (Å²) in [4.78, 5) is 12.4. The average Bonchev–Trinajstić information content (AvgIpc) is 3.27. The molecule has 1 aromatic rings. The zero-order valence-electron chi connectivity index (χ0n) is 15.4. The van der Waals surface area contributed by atoms with Gasteiger partial charge in [0.15, 0.2) is 0 Å². The molecule has 0 heterocycles. The smallest absolute Gasteiger partial charge is 0.314 e. The second-order valence-corrected chi connectivity index (χ2v) is 10.1. The third kappa shape index (κ3) is 3.52. The van der Waals surface area contributed by atoms with E-state index in [9.17, 15) is 18.3 Å². The van der Waals surface area contributed by atoms with Crippen LogP contribution in [0.25, 0.3) is 0 Å². The highest BCUT2D eigenvalue weighted by molar-refractivity contribution is 7.85. The van der Waals surface area contributed by atoms with Crippen LogP contribution in [0.15, 0.2) is 29.2 Å². The van der Waals surface area contributed by atoms with E-state index in [1.165, 1.54) is 24.3 Å². The van der Waals surface area contributed by atoms with Crippen molar-refractivity contribution in [1.82, 2.24) is 0 Å². The first-order valence-electron chi connectivity index (χ1n) is 9.67. The number of esters is 1. The molecule has 0 amide bonds. The van der Waals surface area contributed by atoms with E-state index in [2.05, 4.69) is 0 Å². The fraction of sp³-hybridized carbons (Fsp3) is 0.650. The Kier molecular flexibility index (Phi) is 4.60. The Morgan fingerprint density at radius 1 is 1.15 bits per heavy atom. The van der Waals surface area contributed by atoms with E-state index in [1.54, 1.807) is 0 Å². The fourth-order valence-corrected chi connectivity index (χ4v) is 6.30. The van der Waals surface area contributed by atoms with E-state index < -0.39 is 15.7 Å². The fourth-order valence-electron chi connectivity index (χ4n) is 5.82. The zero-order valence-corrected chi connectivity index (χ0v) is 16.2. The van der Waals surface area contributed by atoms with Gasteiger partial charge in [0.2, 0.25) is 0 Å². The summed E-state index contributed by atoms with van der Waals surface area (Å²) in [5.41, 5.74) is -0.570. The number of aliphatic hydroxyl groups is 1. The Labute approximate surface area is 159 Å². The lowest BCUT2D eigenvalue weighted by Crippen LogP contribution is -2.38. The Bertz CT molecular complexity index is 829. The minimum atomic E-state index is -4.26. The van der Waals surface area contributed by atoms with Crippen LogP contribution in [0.1, 0.15) is 45.4 Å². The Balaban J connectivity index is 1.38. The van der Waals surface area contributed by atoms with E-state index in [4.69, 9.17) is 9.29 Å². The van der Waals surface area contributed by atoms with Crippen LogP contribution in [0.3, 0.4) is 0 Å². The molecule has 0 radical (unpaired) electrons. The van der Waals surface area contributed by atoms with Crippen LogP contribution in [0.5, 0.6) is 5.75 Å². The zero-order chi connectivity index (χ0) is 19.4. The van der Waals surface area contributed by atoms with Crippen molar-refractivity contribution in [2.24, 2.45) is 29.6 Å². The summed E-state index contributed by atoms with van der Waals surface area (Å²) in [5.74, 6) is 1.52. The van der Waals surface area contributed by atoms with Crippen molar-refractivity contribution in [2.45, 2.75) is 55.9 Å². The molecule has 3 saturated carbocycles. The molecule has 0 spiro atoms. The van der Waals surface area contributed by atoms with Crippen molar-refractivity contribution in [3.8, 4) is 5.75 Å². The Morgan fingerprint density at radius 3 is 2.37 bits per heavy atom. The molecular formula is C20H26O6S. The third-order valence-electron chi connectivity index (χ3n) is 7.07. The third-order valence-corrected chi connectivity index (χ3v) is 7.94. The lowest BCUT2D eigenvalue weighted by atomic mass is 9.71. The molecule has 3 aliphatic rings. The second kappa shape index (κ2) is 6.57. The topological polar surface area (TPSA) is 101 Å². The van der Waals surface area contributed by atoms with E-state index >= 15 is 0 Å². The normalized spacial score (nSPS) is 38.3. The van der Waals surface area contributed by atoms with Crippen LogP contribution in [0.4, 0.5) is 0 Å². The van der Waals surface area contributed by atoms with Crippen LogP contribution in [-0.2, 0) is 14.9 Å². The lowest BCUT2D eigenvalue weighted by molar-refractivity contribution is -0.141. The number of hydrogen-bond donors (Lipinski definition) is 2. The molecule has 4 rings (SSSR count). The summed E-state index contributed by atoms with van der Waals surface area (Å²) in [5, 5.41) is 10.6. The number of fused-ring (bicyclic) bond motifs is 2. The van der Waals surface area contributed by atoms with Crippen molar-refractivity contribution in [2.75, 3.05) is 0 Å². The monoisotopic (exact) mass is 394 g/mol. The molecule has 148 valence electrons. The minimum absolute atomic E-state index is 0.126.